The van der Waals surface area contributed by atoms with Crippen LogP contribution in [0.1, 0.15) is 49.0 Å². The molecule has 0 unspecified atom stereocenters. The van der Waals surface area contributed by atoms with E-state index >= 15 is 0 Å². The molecule has 3 amide bonds. The zero-order valence-corrected chi connectivity index (χ0v) is 20.8. The van der Waals surface area contributed by atoms with Gasteiger partial charge >= 0.3 is 0 Å². The summed E-state index contributed by atoms with van der Waals surface area (Å²) in [6.07, 6.45) is 1.19. The van der Waals surface area contributed by atoms with Crippen LogP contribution in [0.3, 0.4) is 0 Å². The molecule has 35 heavy (non-hydrogen) atoms. The lowest BCUT2D eigenvalue weighted by Crippen LogP contribution is -2.49. The van der Waals surface area contributed by atoms with E-state index in [-0.39, 0.29) is 30.7 Å². The molecule has 3 aromatic carbocycles. The van der Waals surface area contributed by atoms with E-state index in [9.17, 15) is 14.4 Å². The number of halogens is 1. The van der Waals surface area contributed by atoms with E-state index < -0.39 is 6.04 Å². The van der Waals surface area contributed by atoms with Gasteiger partial charge in [-0.05, 0) is 48.9 Å². The van der Waals surface area contributed by atoms with E-state index in [0.29, 0.717) is 36.5 Å². The van der Waals surface area contributed by atoms with Crippen molar-refractivity contribution < 1.29 is 14.4 Å². The van der Waals surface area contributed by atoms with Crippen molar-refractivity contribution in [1.29, 1.82) is 0 Å². The van der Waals surface area contributed by atoms with Crippen molar-refractivity contribution in [2.24, 2.45) is 0 Å². The molecule has 1 aliphatic heterocycles. The van der Waals surface area contributed by atoms with Crippen LogP contribution in [0.4, 0.5) is 5.69 Å². The predicted molar refractivity (Wildman–Crippen MR) is 140 cm³/mol. The lowest BCUT2D eigenvalue weighted by molar-refractivity contribution is -0.141. The van der Waals surface area contributed by atoms with Crippen molar-refractivity contribution in [3.63, 3.8) is 0 Å². The molecule has 1 N–H and O–H groups in total. The molecular weight excluding hydrogens is 462 g/mol. The molecule has 1 heterocycles. The van der Waals surface area contributed by atoms with Gasteiger partial charge in [-0.25, -0.2) is 0 Å². The number of rotatable bonds is 10. The van der Waals surface area contributed by atoms with Crippen molar-refractivity contribution in [3.05, 3.63) is 76.8 Å². The van der Waals surface area contributed by atoms with E-state index in [1.807, 2.05) is 68.4 Å². The van der Waals surface area contributed by atoms with Crippen molar-refractivity contribution in [2.75, 3.05) is 18.0 Å². The summed E-state index contributed by atoms with van der Waals surface area (Å²) in [5.74, 6) is -0.344. The molecule has 0 saturated heterocycles. The first-order valence-electron chi connectivity index (χ1n) is 12.1. The maximum absolute atomic E-state index is 13.4. The second-order valence-electron chi connectivity index (χ2n) is 8.67. The quantitative estimate of drug-likeness (QED) is 0.425. The second-order valence-corrected chi connectivity index (χ2v) is 9.08. The standard InChI is InChI=1S/C28H30ClN3O3/c1-3-23(27(34)30-4-2)32(18-20-10-5-6-14-22(20)29)25(33)16-9-17-31-24-15-8-12-19-11-7-13-21(26(19)24)28(31)35/h5-8,10-15,23H,3-4,9,16-18H2,1-2H3,(H,30,34)/t23-/m0/s1. The zero-order valence-electron chi connectivity index (χ0n) is 20.1. The normalized spacial score (nSPS) is 13.2. The van der Waals surface area contributed by atoms with Crippen LogP contribution in [0.25, 0.3) is 10.8 Å². The van der Waals surface area contributed by atoms with Gasteiger partial charge in [0.05, 0.1) is 5.69 Å². The number of likely N-dealkylation sites (N-methyl/N-ethyl adjacent to an activating group) is 1. The Bertz CT molecular complexity index is 1250. The number of amides is 3. The SMILES string of the molecule is CCNC(=O)[C@H](CC)N(Cc1ccccc1Cl)C(=O)CCCN1C(=O)c2cccc3cccc1c23. The van der Waals surface area contributed by atoms with Crippen molar-refractivity contribution in [1.82, 2.24) is 10.2 Å². The first kappa shape index (κ1) is 24.7. The molecule has 0 radical (unpaired) electrons. The van der Waals surface area contributed by atoms with Gasteiger partial charge in [-0.3, -0.25) is 14.4 Å². The van der Waals surface area contributed by atoms with Crippen LogP contribution < -0.4 is 10.2 Å². The van der Waals surface area contributed by atoms with Gasteiger partial charge in [0.1, 0.15) is 6.04 Å². The molecular formula is C28H30ClN3O3. The average Bonchev–Trinajstić information content (AvgIpc) is 3.13. The maximum Gasteiger partial charge on any atom is 0.258 e. The summed E-state index contributed by atoms with van der Waals surface area (Å²) in [5, 5.41) is 5.40. The highest BCUT2D eigenvalue weighted by molar-refractivity contribution is 6.31. The van der Waals surface area contributed by atoms with Crippen LogP contribution in [0, 0.1) is 0 Å². The highest BCUT2D eigenvalue weighted by Crippen LogP contribution is 2.37. The Morgan fingerprint density at radius 2 is 1.77 bits per heavy atom. The van der Waals surface area contributed by atoms with Gasteiger partial charge in [-0.15, -0.1) is 0 Å². The van der Waals surface area contributed by atoms with E-state index in [1.54, 1.807) is 15.9 Å². The Labute approximate surface area is 210 Å². The van der Waals surface area contributed by atoms with E-state index in [1.165, 1.54) is 0 Å². The summed E-state index contributed by atoms with van der Waals surface area (Å²) in [5.41, 5.74) is 2.38. The van der Waals surface area contributed by atoms with E-state index in [0.717, 1.165) is 22.0 Å². The third kappa shape index (κ3) is 5.03. The molecule has 0 aliphatic carbocycles. The van der Waals surface area contributed by atoms with Crippen LogP contribution in [-0.2, 0) is 16.1 Å². The van der Waals surface area contributed by atoms with Crippen LogP contribution in [0.5, 0.6) is 0 Å². The minimum absolute atomic E-state index is 0.0362. The molecule has 0 bridgehead atoms. The third-order valence-electron chi connectivity index (χ3n) is 6.46. The fourth-order valence-corrected chi connectivity index (χ4v) is 4.95. The number of carbonyl (C=O) groups is 3. The fraction of sp³-hybridized carbons (Fsp3) is 0.321. The van der Waals surface area contributed by atoms with E-state index in [4.69, 9.17) is 11.6 Å². The molecule has 1 atom stereocenters. The molecule has 0 spiro atoms. The molecule has 1 aliphatic rings. The fourth-order valence-electron chi connectivity index (χ4n) is 4.75. The molecule has 0 fully saturated rings. The summed E-state index contributed by atoms with van der Waals surface area (Å²) in [6, 6.07) is 18.4. The van der Waals surface area contributed by atoms with Crippen molar-refractivity contribution in [3.8, 4) is 0 Å². The Balaban J connectivity index is 1.49. The highest BCUT2D eigenvalue weighted by Gasteiger charge is 2.31. The number of nitrogens with one attached hydrogen (secondary N) is 1. The van der Waals surface area contributed by atoms with Crippen LogP contribution >= 0.6 is 11.6 Å². The van der Waals surface area contributed by atoms with Crippen molar-refractivity contribution >= 4 is 45.8 Å². The summed E-state index contributed by atoms with van der Waals surface area (Å²) < 4.78 is 0. The summed E-state index contributed by atoms with van der Waals surface area (Å²) in [7, 11) is 0. The number of hydrogen-bond donors (Lipinski definition) is 1. The molecule has 0 saturated carbocycles. The van der Waals surface area contributed by atoms with Crippen molar-refractivity contribution in [2.45, 2.75) is 45.7 Å². The van der Waals surface area contributed by atoms with Gasteiger partial charge in [0.25, 0.3) is 5.91 Å². The van der Waals surface area contributed by atoms with Gasteiger partial charge in [0.15, 0.2) is 0 Å². The number of carbonyl (C=O) groups excluding carboxylic acids is 3. The molecule has 182 valence electrons. The Kier molecular flexibility index (Phi) is 7.71. The maximum atomic E-state index is 13.4. The predicted octanol–water partition coefficient (Wildman–Crippen LogP) is 5.18. The van der Waals surface area contributed by atoms with Gasteiger partial charge < -0.3 is 15.1 Å². The monoisotopic (exact) mass is 491 g/mol. The lowest BCUT2D eigenvalue weighted by atomic mass is 10.1. The average molecular weight is 492 g/mol. The molecule has 6 nitrogen and oxygen atoms in total. The number of hydrogen-bond acceptors (Lipinski definition) is 3. The molecule has 7 heteroatoms. The molecule has 0 aromatic heterocycles. The summed E-state index contributed by atoms with van der Waals surface area (Å²) in [4.78, 5) is 42.6. The van der Waals surface area contributed by atoms with Gasteiger partial charge in [0, 0.05) is 42.0 Å². The smallest absolute Gasteiger partial charge is 0.258 e. The number of anilines is 1. The van der Waals surface area contributed by atoms with Crippen LogP contribution in [0.2, 0.25) is 5.02 Å². The second kappa shape index (κ2) is 10.9. The Hall–Kier alpha value is -3.38. The molecule has 4 rings (SSSR count). The van der Waals surface area contributed by atoms with Gasteiger partial charge in [-0.1, -0.05) is 61.0 Å². The topological polar surface area (TPSA) is 69.7 Å². The minimum Gasteiger partial charge on any atom is -0.355 e. The van der Waals surface area contributed by atoms with Gasteiger partial charge in [-0.2, -0.15) is 0 Å². The molecule has 3 aromatic rings. The number of nitrogens with zero attached hydrogens (tertiary/aromatic N) is 2. The highest BCUT2D eigenvalue weighted by atomic mass is 35.5. The largest absolute Gasteiger partial charge is 0.355 e. The first-order valence-corrected chi connectivity index (χ1v) is 12.5. The number of benzene rings is 3. The lowest BCUT2D eigenvalue weighted by Gasteiger charge is -2.31. The van der Waals surface area contributed by atoms with Crippen LogP contribution in [-0.4, -0.2) is 41.8 Å². The Morgan fingerprint density at radius 3 is 2.49 bits per heavy atom. The van der Waals surface area contributed by atoms with Crippen LogP contribution in [0.15, 0.2) is 60.7 Å². The third-order valence-corrected chi connectivity index (χ3v) is 6.83. The van der Waals surface area contributed by atoms with E-state index in [2.05, 4.69) is 5.32 Å². The Morgan fingerprint density at radius 1 is 1.03 bits per heavy atom. The zero-order chi connectivity index (χ0) is 24.9. The first-order chi connectivity index (χ1) is 17.0. The van der Waals surface area contributed by atoms with Gasteiger partial charge in [0.2, 0.25) is 11.8 Å². The summed E-state index contributed by atoms with van der Waals surface area (Å²) in [6.45, 7) is 4.93. The summed E-state index contributed by atoms with van der Waals surface area (Å²) >= 11 is 6.37. The minimum atomic E-state index is -0.592.